The van der Waals surface area contributed by atoms with E-state index in [0.29, 0.717) is 22.8 Å². The van der Waals surface area contributed by atoms with Gasteiger partial charge < -0.3 is 15.4 Å². The van der Waals surface area contributed by atoms with E-state index in [4.69, 9.17) is 16.3 Å². The van der Waals surface area contributed by atoms with E-state index in [1.807, 2.05) is 38.1 Å². The minimum absolute atomic E-state index is 0.0564. The van der Waals surface area contributed by atoms with Crippen LogP contribution in [0.15, 0.2) is 42.5 Å². The highest BCUT2D eigenvalue weighted by molar-refractivity contribution is 6.31. The predicted molar refractivity (Wildman–Crippen MR) is 114 cm³/mol. The molecule has 2 aromatic carbocycles. The van der Waals surface area contributed by atoms with E-state index in [1.165, 1.54) is 0 Å². The summed E-state index contributed by atoms with van der Waals surface area (Å²) in [5.74, 6) is -1.13. The number of esters is 1. The highest BCUT2D eigenvalue weighted by Crippen LogP contribution is 2.20. The number of nitrogens with one attached hydrogen (secondary N) is 2. The lowest BCUT2D eigenvalue weighted by atomic mass is 10.1. The van der Waals surface area contributed by atoms with Crippen molar-refractivity contribution in [2.45, 2.75) is 39.5 Å². The fraction of sp³-hybridized carbons (Fsp3) is 0.318. The lowest BCUT2D eigenvalue weighted by Crippen LogP contribution is -2.21. The maximum Gasteiger partial charge on any atom is 0.306 e. The van der Waals surface area contributed by atoms with Crippen molar-refractivity contribution in [1.82, 2.24) is 0 Å². The number of anilines is 2. The highest BCUT2D eigenvalue weighted by Gasteiger charge is 2.11. The summed E-state index contributed by atoms with van der Waals surface area (Å²) >= 11 is 6.03. The molecule has 2 N–H and O–H groups in total. The summed E-state index contributed by atoms with van der Waals surface area (Å²) < 4.78 is 4.98. The highest BCUT2D eigenvalue weighted by atomic mass is 35.5. The van der Waals surface area contributed by atoms with Gasteiger partial charge in [0, 0.05) is 29.2 Å². The van der Waals surface area contributed by atoms with E-state index in [2.05, 4.69) is 10.6 Å². The third-order valence-corrected chi connectivity index (χ3v) is 4.68. The molecule has 6 nitrogen and oxygen atoms in total. The number of aryl methyl sites for hydroxylation is 2. The van der Waals surface area contributed by atoms with Gasteiger partial charge in [-0.25, -0.2) is 0 Å². The Morgan fingerprint density at radius 3 is 2.48 bits per heavy atom. The summed E-state index contributed by atoms with van der Waals surface area (Å²) in [7, 11) is 0. The predicted octanol–water partition coefficient (Wildman–Crippen LogP) is 4.50. The Morgan fingerprint density at radius 1 is 1.00 bits per heavy atom. The topological polar surface area (TPSA) is 84.5 Å². The molecule has 0 unspecified atom stereocenters. The van der Waals surface area contributed by atoms with E-state index in [0.717, 1.165) is 17.5 Å². The van der Waals surface area contributed by atoms with Crippen LogP contribution in [-0.4, -0.2) is 24.4 Å². The molecular weight excluding hydrogens is 392 g/mol. The van der Waals surface area contributed by atoms with Gasteiger partial charge in [0.2, 0.25) is 5.91 Å². The van der Waals surface area contributed by atoms with Crippen LogP contribution in [0.5, 0.6) is 0 Å². The summed E-state index contributed by atoms with van der Waals surface area (Å²) in [6, 6.07) is 12.7. The number of carbonyl (C=O) groups excluding carboxylic acids is 3. The lowest BCUT2D eigenvalue weighted by Gasteiger charge is -2.10. The van der Waals surface area contributed by atoms with E-state index in [-0.39, 0.29) is 25.4 Å². The number of rotatable bonds is 9. The van der Waals surface area contributed by atoms with Crippen molar-refractivity contribution in [3.63, 3.8) is 0 Å². The molecule has 2 rings (SSSR count). The van der Waals surface area contributed by atoms with Crippen LogP contribution in [0, 0.1) is 6.92 Å². The molecule has 29 heavy (non-hydrogen) atoms. The second-order valence-electron chi connectivity index (χ2n) is 6.59. The van der Waals surface area contributed by atoms with Crippen LogP contribution >= 0.6 is 11.6 Å². The maximum absolute atomic E-state index is 12.0. The molecule has 0 aromatic heterocycles. The molecule has 7 heteroatoms. The summed E-state index contributed by atoms with van der Waals surface area (Å²) in [5, 5.41) is 6.04. The van der Waals surface area contributed by atoms with Crippen molar-refractivity contribution in [3.8, 4) is 0 Å². The van der Waals surface area contributed by atoms with Gasteiger partial charge in [-0.1, -0.05) is 42.8 Å². The Hall–Kier alpha value is -2.86. The van der Waals surface area contributed by atoms with Crippen molar-refractivity contribution in [1.29, 1.82) is 0 Å². The molecule has 2 aromatic rings. The molecule has 0 spiro atoms. The Balaban J connectivity index is 1.66. The zero-order chi connectivity index (χ0) is 21.2. The monoisotopic (exact) mass is 416 g/mol. The number of benzene rings is 2. The van der Waals surface area contributed by atoms with Crippen LogP contribution in [0.2, 0.25) is 5.02 Å². The average molecular weight is 417 g/mol. The molecule has 0 aliphatic heterocycles. The normalized spacial score (nSPS) is 10.3. The van der Waals surface area contributed by atoms with Crippen LogP contribution in [0.4, 0.5) is 11.4 Å². The van der Waals surface area contributed by atoms with Gasteiger partial charge in [-0.05, 0) is 49.1 Å². The minimum Gasteiger partial charge on any atom is -0.456 e. The van der Waals surface area contributed by atoms with E-state index >= 15 is 0 Å². The van der Waals surface area contributed by atoms with Crippen LogP contribution in [0.1, 0.15) is 37.3 Å². The largest absolute Gasteiger partial charge is 0.456 e. The number of halogens is 1. The second-order valence-corrected chi connectivity index (χ2v) is 6.99. The smallest absolute Gasteiger partial charge is 0.306 e. The van der Waals surface area contributed by atoms with Crippen molar-refractivity contribution < 1.29 is 19.1 Å². The van der Waals surface area contributed by atoms with Gasteiger partial charge in [0.25, 0.3) is 5.91 Å². The number of amides is 2. The molecule has 0 saturated heterocycles. The van der Waals surface area contributed by atoms with Gasteiger partial charge in [0.1, 0.15) is 0 Å². The fourth-order valence-corrected chi connectivity index (χ4v) is 2.82. The zero-order valence-corrected chi connectivity index (χ0v) is 17.3. The first-order valence-corrected chi connectivity index (χ1v) is 9.86. The molecule has 0 aliphatic rings. The van der Waals surface area contributed by atoms with E-state index in [1.54, 1.807) is 18.2 Å². The van der Waals surface area contributed by atoms with Gasteiger partial charge in [-0.3, -0.25) is 14.4 Å². The minimum atomic E-state index is -0.518. The quantitative estimate of drug-likeness (QED) is 0.589. The van der Waals surface area contributed by atoms with Crippen LogP contribution in [0.3, 0.4) is 0 Å². The standard InChI is InChI=1S/C22H25ClN2O4/c1-3-16-7-4-5-8-19(16)25-21(27)14-29-22(28)10-6-9-20(26)24-17-12-11-15(2)18(23)13-17/h4-5,7-8,11-13H,3,6,9-10,14H2,1-2H3,(H,24,26)(H,25,27). The molecule has 2 amide bonds. The summed E-state index contributed by atoms with van der Waals surface area (Å²) in [6.07, 6.45) is 1.33. The van der Waals surface area contributed by atoms with Crippen molar-refractivity contribution >= 4 is 40.8 Å². The maximum atomic E-state index is 12.0. The van der Waals surface area contributed by atoms with Crippen LogP contribution < -0.4 is 10.6 Å². The first kappa shape index (κ1) is 22.4. The molecule has 0 radical (unpaired) electrons. The van der Waals surface area contributed by atoms with Gasteiger partial charge in [0.05, 0.1) is 0 Å². The molecule has 0 fully saturated rings. The molecule has 0 aliphatic carbocycles. The molecule has 0 bridgehead atoms. The lowest BCUT2D eigenvalue weighted by molar-refractivity contribution is -0.147. The molecule has 154 valence electrons. The molecule has 0 heterocycles. The first-order valence-electron chi connectivity index (χ1n) is 9.48. The van der Waals surface area contributed by atoms with Crippen molar-refractivity contribution in [2.75, 3.05) is 17.2 Å². The van der Waals surface area contributed by atoms with Gasteiger partial charge in [0.15, 0.2) is 6.61 Å². The van der Waals surface area contributed by atoms with Gasteiger partial charge in [-0.15, -0.1) is 0 Å². The number of carbonyl (C=O) groups is 3. The summed E-state index contributed by atoms with van der Waals surface area (Å²) in [6.45, 7) is 3.52. The number of hydrogen-bond acceptors (Lipinski definition) is 4. The van der Waals surface area contributed by atoms with Gasteiger partial charge in [-0.2, -0.15) is 0 Å². The van der Waals surface area contributed by atoms with Crippen LogP contribution in [-0.2, 0) is 25.5 Å². The van der Waals surface area contributed by atoms with E-state index in [9.17, 15) is 14.4 Å². The summed E-state index contributed by atoms with van der Waals surface area (Å²) in [5.41, 5.74) is 3.25. The first-order chi connectivity index (χ1) is 13.9. The van der Waals surface area contributed by atoms with E-state index < -0.39 is 11.9 Å². The number of hydrogen-bond donors (Lipinski definition) is 2. The molecular formula is C22H25ClN2O4. The summed E-state index contributed by atoms with van der Waals surface area (Å²) in [4.78, 5) is 35.7. The SMILES string of the molecule is CCc1ccccc1NC(=O)COC(=O)CCCC(=O)Nc1ccc(C)c(Cl)c1. The fourth-order valence-electron chi connectivity index (χ4n) is 2.64. The third kappa shape index (κ3) is 7.58. The average Bonchev–Trinajstić information content (AvgIpc) is 2.69. The molecule has 0 saturated carbocycles. The van der Waals surface area contributed by atoms with Crippen LogP contribution in [0.25, 0.3) is 0 Å². The zero-order valence-electron chi connectivity index (χ0n) is 16.6. The Labute approximate surface area is 175 Å². The number of ether oxygens (including phenoxy) is 1. The second kappa shape index (κ2) is 11.2. The molecule has 0 atom stereocenters. The van der Waals surface area contributed by atoms with Gasteiger partial charge >= 0.3 is 5.97 Å². The third-order valence-electron chi connectivity index (χ3n) is 4.28. The van der Waals surface area contributed by atoms with Crippen molar-refractivity contribution in [3.05, 3.63) is 58.6 Å². The Bertz CT molecular complexity index is 883. The Morgan fingerprint density at radius 2 is 1.76 bits per heavy atom. The number of para-hydroxylation sites is 1. The Kier molecular flexibility index (Phi) is 8.68. The van der Waals surface area contributed by atoms with Crippen molar-refractivity contribution in [2.24, 2.45) is 0 Å².